The Bertz CT molecular complexity index is 504. The summed E-state index contributed by atoms with van der Waals surface area (Å²) in [6.07, 6.45) is 4.89. The molecule has 5 heteroatoms. The van der Waals surface area contributed by atoms with E-state index in [1.165, 1.54) is 6.33 Å². The summed E-state index contributed by atoms with van der Waals surface area (Å²) in [4.78, 5) is 8.00. The molecule has 0 bridgehead atoms. The fourth-order valence-corrected chi connectivity index (χ4v) is 1.72. The third-order valence-electron chi connectivity index (χ3n) is 2.56. The monoisotopic (exact) mass is 246 g/mol. The molecule has 5 nitrogen and oxygen atoms in total. The van der Waals surface area contributed by atoms with Crippen LogP contribution < -0.4 is 14.2 Å². The normalized spacial score (nSPS) is 9.94. The first-order valence-corrected chi connectivity index (χ1v) is 5.35. The Morgan fingerprint density at radius 2 is 1.39 bits per heavy atom. The number of ether oxygens (including phenoxy) is 3. The van der Waals surface area contributed by atoms with E-state index in [0.717, 1.165) is 11.1 Å². The summed E-state index contributed by atoms with van der Waals surface area (Å²) in [5.41, 5.74) is 1.63. The zero-order valence-corrected chi connectivity index (χ0v) is 10.5. The summed E-state index contributed by atoms with van der Waals surface area (Å²) in [7, 11) is 4.79. The van der Waals surface area contributed by atoms with Crippen molar-refractivity contribution in [2.45, 2.75) is 0 Å². The van der Waals surface area contributed by atoms with E-state index in [9.17, 15) is 0 Å². The molecule has 0 atom stereocenters. The molecule has 0 amide bonds. The molecule has 2 rings (SSSR count). The Morgan fingerprint density at radius 3 is 1.83 bits per heavy atom. The maximum Gasteiger partial charge on any atom is 0.134 e. The molecule has 1 aromatic heterocycles. The number of benzene rings is 1. The molecule has 0 aliphatic rings. The standard InChI is InChI=1S/C13H14N2O3/c1-16-10-4-11(17-2)13(12(5-10)18-3)9-6-14-8-15-7-9/h4-8H,1-3H3. The van der Waals surface area contributed by atoms with Crippen LogP contribution in [0.4, 0.5) is 0 Å². The highest BCUT2D eigenvalue weighted by atomic mass is 16.5. The molecule has 0 spiro atoms. The molecule has 0 N–H and O–H groups in total. The number of hydrogen-bond donors (Lipinski definition) is 0. The van der Waals surface area contributed by atoms with E-state index < -0.39 is 0 Å². The summed E-state index contributed by atoms with van der Waals surface area (Å²) in [6, 6.07) is 3.59. The summed E-state index contributed by atoms with van der Waals surface area (Å²) in [5, 5.41) is 0. The zero-order valence-electron chi connectivity index (χ0n) is 10.5. The molecule has 2 aromatic rings. The van der Waals surface area contributed by atoms with Gasteiger partial charge in [0.1, 0.15) is 23.6 Å². The average molecular weight is 246 g/mol. The lowest BCUT2D eigenvalue weighted by Crippen LogP contribution is -1.96. The minimum Gasteiger partial charge on any atom is -0.496 e. The van der Waals surface area contributed by atoms with E-state index in [2.05, 4.69) is 9.97 Å². The third-order valence-corrected chi connectivity index (χ3v) is 2.56. The van der Waals surface area contributed by atoms with Crippen molar-refractivity contribution < 1.29 is 14.2 Å². The number of rotatable bonds is 4. The van der Waals surface area contributed by atoms with E-state index in [1.54, 1.807) is 45.9 Å². The smallest absolute Gasteiger partial charge is 0.134 e. The van der Waals surface area contributed by atoms with E-state index >= 15 is 0 Å². The second-order valence-electron chi connectivity index (χ2n) is 3.53. The molecular formula is C13H14N2O3. The van der Waals surface area contributed by atoms with Gasteiger partial charge >= 0.3 is 0 Å². The topological polar surface area (TPSA) is 53.5 Å². The molecule has 94 valence electrons. The van der Waals surface area contributed by atoms with Gasteiger partial charge in [0.05, 0.1) is 26.9 Å². The summed E-state index contributed by atoms with van der Waals surface area (Å²) in [5.74, 6) is 1.98. The quantitative estimate of drug-likeness (QED) is 0.827. The van der Waals surface area contributed by atoms with E-state index in [-0.39, 0.29) is 0 Å². The van der Waals surface area contributed by atoms with Gasteiger partial charge < -0.3 is 14.2 Å². The minimum absolute atomic E-state index is 0.654. The van der Waals surface area contributed by atoms with Crippen molar-refractivity contribution in [2.24, 2.45) is 0 Å². The number of methoxy groups -OCH3 is 3. The number of nitrogens with zero attached hydrogens (tertiary/aromatic N) is 2. The zero-order chi connectivity index (χ0) is 13.0. The maximum absolute atomic E-state index is 5.37. The third kappa shape index (κ3) is 2.20. The van der Waals surface area contributed by atoms with Crippen molar-refractivity contribution in [3.63, 3.8) is 0 Å². The Morgan fingerprint density at radius 1 is 0.833 bits per heavy atom. The Labute approximate surface area is 105 Å². The SMILES string of the molecule is COc1cc(OC)c(-c2cncnc2)c(OC)c1. The van der Waals surface area contributed by atoms with Crippen LogP contribution in [-0.2, 0) is 0 Å². The Balaban J connectivity index is 2.64. The lowest BCUT2D eigenvalue weighted by atomic mass is 10.1. The summed E-state index contributed by atoms with van der Waals surface area (Å²) >= 11 is 0. The van der Waals surface area contributed by atoms with Crippen molar-refractivity contribution in [2.75, 3.05) is 21.3 Å². The van der Waals surface area contributed by atoms with Gasteiger partial charge in [-0.25, -0.2) is 9.97 Å². The highest BCUT2D eigenvalue weighted by Crippen LogP contribution is 2.41. The molecule has 1 heterocycles. The van der Waals surface area contributed by atoms with Crippen LogP contribution in [0.1, 0.15) is 0 Å². The van der Waals surface area contributed by atoms with Gasteiger partial charge in [0.2, 0.25) is 0 Å². The molecule has 0 saturated heterocycles. The van der Waals surface area contributed by atoms with E-state index in [4.69, 9.17) is 14.2 Å². The van der Waals surface area contributed by atoms with Crippen LogP contribution in [0.2, 0.25) is 0 Å². The van der Waals surface area contributed by atoms with Crippen LogP contribution in [0.25, 0.3) is 11.1 Å². The second-order valence-corrected chi connectivity index (χ2v) is 3.53. The molecule has 0 fully saturated rings. The van der Waals surface area contributed by atoms with Gasteiger partial charge in [-0.05, 0) is 0 Å². The molecule has 18 heavy (non-hydrogen) atoms. The van der Waals surface area contributed by atoms with Gasteiger partial charge in [0.25, 0.3) is 0 Å². The van der Waals surface area contributed by atoms with Gasteiger partial charge in [0, 0.05) is 30.1 Å². The van der Waals surface area contributed by atoms with Crippen molar-refractivity contribution in [3.8, 4) is 28.4 Å². The molecule has 0 unspecified atom stereocenters. The van der Waals surface area contributed by atoms with Crippen molar-refractivity contribution in [3.05, 3.63) is 30.9 Å². The van der Waals surface area contributed by atoms with Gasteiger partial charge in [-0.15, -0.1) is 0 Å². The Kier molecular flexibility index (Phi) is 3.62. The Hall–Kier alpha value is -2.30. The van der Waals surface area contributed by atoms with E-state index in [1.807, 2.05) is 0 Å². The first kappa shape index (κ1) is 12.2. The van der Waals surface area contributed by atoms with Gasteiger partial charge in [-0.3, -0.25) is 0 Å². The highest BCUT2D eigenvalue weighted by Gasteiger charge is 2.15. The van der Waals surface area contributed by atoms with Crippen LogP contribution in [0.3, 0.4) is 0 Å². The fraction of sp³-hybridized carbons (Fsp3) is 0.231. The number of hydrogen-bond acceptors (Lipinski definition) is 5. The molecule has 1 aromatic carbocycles. The van der Waals surface area contributed by atoms with Gasteiger partial charge in [-0.2, -0.15) is 0 Å². The predicted molar refractivity (Wildman–Crippen MR) is 67.1 cm³/mol. The molecule has 0 saturated carbocycles. The van der Waals surface area contributed by atoms with Gasteiger partial charge in [0.15, 0.2) is 0 Å². The van der Waals surface area contributed by atoms with Crippen molar-refractivity contribution >= 4 is 0 Å². The lowest BCUT2D eigenvalue weighted by Gasteiger charge is -2.14. The van der Waals surface area contributed by atoms with Gasteiger partial charge in [-0.1, -0.05) is 0 Å². The second kappa shape index (κ2) is 5.35. The molecule has 0 aliphatic heterocycles. The van der Waals surface area contributed by atoms with Crippen LogP contribution in [0, 0.1) is 0 Å². The molecule has 0 aliphatic carbocycles. The van der Waals surface area contributed by atoms with Crippen molar-refractivity contribution in [1.29, 1.82) is 0 Å². The van der Waals surface area contributed by atoms with Crippen LogP contribution in [-0.4, -0.2) is 31.3 Å². The van der Waals surface area contributed by atoms with E-state index in [0.29, 0.717) is 17.2 Å². The highest BCUT2D eigenvalue weighted by molar-refractivity contribution is 5.77. The average Bonchev–Trinajstić information content (AvgIpc) is 2.46. The first-order chi connectivity index (χ1) is 8.80. The van der Waals surface area contributed by atoms with Crippen LogP contribution >= 0.6 is 0 Å². The summed E-state index contributed by atoms with van der Waals surface area (Å²) in [6.45, 7) is 0. The fourth-order valence-electron chi connectivity index (χ4n) is 1.72. The molecular weight excluding hydrogens is 232 g/mol. The van der Waals surface area contributed by atoms with Crippen molar-refractivity contribution in [1.82, 2.24) is 9.97 Å². The van der Waals surface area contributed by atoms with Crippen LogP contribution in [0.5, 0.6) is 17.2 Å². The lowest BCUT2D eigenvalue weighted by molar-refractivity contribution is 0.377. The van der Waals surface area contributed by atoms with Crippen LogP contribution in [0.15, 0.2) is 30.9 Å². The maximum atomic E-state index is 5.37. The first-order valence-electron chi connectivity index (χ1n) is 5.35. The summed E-state index contributed by atoms with van der Waals surface area (Å²) < 4.78 is 15.9. The number of aromatic nitrogens is 2. The largest absolute Gasteiger partial charge is 0.496 e. The molecule has 0 radical (unpaired) electrons. The minimum atomic E-state index is 0.654. The predicted octanol–water partition coefficient (Wildman–Crippen LogP) is 2.17.